The first kappa shape index (κ1) is 42.8. The van der Waals surface area contributed by atoms with E-state index in [0.717, 1.165) is 145 Å². The molecule has 17 rings (SSSR count). The number of hydrogen-bond donors (Lipinski definition) is 0. The summed E-state index contributed by atoms with van der Waals surface area (Å²) >= 11 is 15.6. The number of para-hydroxylation sites is 4. The molecule has 0 aliphatic carbocycles. The van der Waals surface area contributed by atoms with Crippen molar-refractivity contribution in [2.75, 3.05) is 19.6 Å². The SMILES string of the molecule is S=P12c3c4cccc3N(c3ccccc3)c3cccc(c31)N(c1ccccc1)c1c3c5c(c(c12)O4)N(c1ccccc1)c1cc(-c2ccccc2)cc2c1P5(=S)c1c(cc(-c4ccccc4)cc1N2c1ccccc1)O3. The lowest BCUT2D eigenvalue weighted by atomic mass is 9.99. The summed E-state index contributed by atoms with van der Waals surface area (Å²) in [5, 5.41) is 6.26. The number of hydrogen-bond acceptors (Lipinski definition) is 8. The minimum Gasteiger partial charge on any atom is -0.454 e. The van der Waals surface area contributed by atoms with Crippen LogP contribution in [-0.2, 0) is 23.6 Å². The fourth-order valence-corrected chi connectivity index (χ4v) is 23.2. The quantitative estimate of drug-likeness (QED) is 0.152. The summed E-state index contributed by atoms with van der Waals surface area (Å²) < 4.78 is 15.9. The van der Waals surface area contributed by atoms with E-state index in [0.29, 0.717) is 0 Å². The molecule has 2 atom stereocenters. The van der Waals surface area contributed by atoms with Gasteiger partial charge in [0.15, 0.2) is 11.5 Å². The Morgan fingerprint density at radius 2 is 0.592 bits per heavy atom. The van der Waals surface area contributed by atoms with E-state index in [9.17, 15) is 0 Å². The first-order valence-electron chi connectivity index (χ1n) is 25.5. The number of benzene rings is 11. The summed E-state index contributed by atoms with van der Waals surface area (Å²) in [5.74, 6) is 3.00. The Bertz CT molecular complexity index is 4430. The molecule has 0 bridgehead atoms. The van der Waals surface area contributed by atoms with Gasteiger partial charge in [-0.15, -0.1) is 0 Å². The predicted molar refractivity (Wildman–Crippen MR) is 323 cm³/mol. The molecule has 0 amide bonds. The fourth-order valence-electron chi connectivity index (χ4n) is 13.0. The van der Waals surface area contributed by atoms with Crippen molar-refractivity contribution in [2.24, 2.45) is 0 Å². The summed E-state index contributed by atoms with van der Waals surface area (Å²) in [5.41, 5.74) is 16.3. The monoisotopic (exact) mass is 1050 g/mol. The molecule has 11 aromatic rings. The summed E-state index contributed by atoms with van der Waals surface area (Å²) in [6.45, 7) is 0. The average Bonchev–Trinajstić information content (AvgIpc) is 3.52. The Kier molecular flexibility index (Phi) is 8.76. The maximum absolute atomic E-state index is 8.02. The second-order valence-electron chi connectivity index (χ2n) is 19.9. The molecule has 0 saturated heterocycles. The molecule has 0 fully saturated rings. The van der Waals surface area contributed by atoms with Crippen molar-refractivity contribution < 1.29 is 9.47 Å². The molecule has 358 valence electrons. The van der Waals surface area contributed by atoms with Crippen molar-refractivity contribution in [3.8, 4) is 45.3 Å². The van der Waals surface area contributed by atoms with Crippen LogP contribution in [0.4, 0.5) is 68.2 Å². The molecule has 0 radical (unpaired) electrons. The van der Waals surface area contributed by atoms with Gasteiger partial charge in [-0.1, -0.05) is 169 Å². The second-order valence-corrected chi connectivity index (χ2v) is 28.3. The van der Waals surface area contributed by atoms with Crippen LogP contribution < -0.4 is 60.9 Å². The number of nitrogens with zero attached hydrogens (tertiary/aromatic N) is 4. The number of rotatable bonds is 6. The van der Waals surface area contributed by atoms with Crippen molar-refractivity contribution in [1.29, 1.82) is 0 Å². The molecule has 0 spiro atoms. The fraction of sp³-hybridized carbons (Fsp3) is 0. The normalized spacial score (nSPS) is 17.8. The third-order valence-corrected chi connectivity index (χ3v) is 25.6. The van der Waals surface area contributed by atoms with Crippen LogP contribution in [0.3, 0.4) is 0 Å². The Morgan fingerprint density at radius 1 is 0.263 bits per heavy atom. The van der Waals surface area contributed by atoms with Crippen molar-refractivity contribution in [1.82, 2.24) is 0 Å². The summed E-state index contributed by atoms with van der Waals surface area (Å²) in [7, 11) is 0. The second kappa shape index (κ2) is 15.5. The third-order valence-electron chi connectivity index (χ3n) is 15.9. The van der Waals surface area contributed by atoms with Gasteiger partial charge in [-0.25, -0.2) is 0 Å². The van der Waals surface area contributed by atoms with E-state index in [4.69, 9.17) is 33.1 Å². The predicted octanol–water partition coefficient (Wildman–Crippen LogP) is 15.9. The summed E-state index contributed by atoms with van der Waals surface area (Å²) in [4.78, 5) is 9.68. The van der Waals surface area contributed by atoms with Gasteiger partial charge in [-0.3, -0.25) is 0 Å². The minimum absolute atomic E-state index is 0.734. The van der Waals surface area contributed by atoms with Crippen LogP contribution in [0.1, 0.15) is 0 Å². The van der Waals surface area contributed by atoms with E-state index in [1.807, 2.05) is 0 Å². The molecule has 0 saturated carbocycles. The van der Waals surface area contributed by atoms with Crippen LogP contribution in [0.15, 0.2) is 243 Å². The zero-order chi connectivity index (χ0) is 50.0. The van der Waals surface area contributed by atoms with E-state index in [2.05, 4.69) is 262 Å². The highest BCUT2D eigenvalue weighted by molar-refractivity contribution is 8.27. The van der Waals surface area contributed by atoms with Gasteiger partial charge in [-0.05, 0) is 119 Å². The molecular weight excluding hydrogens is 1010 g/mol. The Labute approximate surface area is 449 Å². The van der Waals surface area contributed by atoms with Crippen molar-refractivity contribution in [2.45, 2.75) is 0 Å². The highest BCUT2D eigenvalue weighted by Crippen LogP contribution is 2.74. The van der Waals surface area contributed by atoms with Crippen LogP contribution in [0.5, 0.6) is 23.0 Å². The van der Waals surface area contributed by atoms with Gasteiger partial charge < -0.3 is 29.1 Å². The van der Waals surface area contributed by atoms with E-state index >= 15 is 0 Å². The molecule has 2 unspecified atom stereocenters. The van der Waals surface area contributed by atoms with Gasteiger partial charge in [0, 0.05) is 33.4 Å². The molecule has 6 aliphatic heterocycles. The third kappa shape index (κ3) is 5.46. The first-order chi connectivity index (χ1) is 37.5. The molecule has 76 heavy (non-hydrogen) atoms. The highest BCUT2D eigenvalue weighted by atomic mass is 32.4. The van der Waals surface area contributed by atoms with E-state index in [1.165, 1.54) is 0 Å². The standard InChI is InChI=1S/C66H40N4O2P2S2/c75-73-61-49-33-19-34-50(61)69(47-29-15-5-16-30-47)57-60-66-58(59(65(57)73)71-55-36-20-35-51(63(55)73)67(49)45-25-11-3-12-26-45)70(48-31-17-6-18-32-48)53-38-43(41-21-7-1-8-22-41)37-52-62(53)74(66,76)64-54(68(52)46-27-13-4-14-28-46)39-44(40-56(64)72-60)42-23-9-2-10-24-42/h1-40H. The van der Waals surface area contributed by atoms with E-state index in [-0.39, 0.29) is 0 Å². The van der Waals surface area contributed by atoms with Gasteiger partial charge in [-0.2, -0.15) is 0 Å². The van der Waals surface area contributed by atoms with Crippen LogP contribution in [0, 0.1) is 0 Å². The molecular formula is C66H40N4O2P2S2. The molecule has 0 N–H and O–H groups in total. The average molecular weight is 1050 g/mol. The lowest BCUT2D eigenvalue weighted by Crippen LogP contribution is -2.50. The largest absolute Gasteiger partial charge is 0.454 e. The zero-order valence-corrected chi connectivity index (χ0v) is 43.8. The maximum Gasteiger partial charge on any atom is 0.163 e. The molecule has 11 aromatic carbocycles. The summed E-state index contributed by atoms with van der Waals surface area (Å²) in [6, 6.07) is 80.5. The number of fused-ring (bicyclic) bond motifs is 2. The van der Waals surface area contributed by atoms with Gasteiger partial charge >= 0.3 is 0 Å². The van der Waals surface area contributed by atoms with Gasteiger partial charge in [0.05, 0.1) is 67.4 Å². The van der Waals surface area contributed by atoms with E-state index < -0.39 is 12.1 Å². The van der Waals surface area contributed by atoms with E-state index in [1.54, 1.807) is 0 Å². The smallest absolute Gasteiger partial charge is 0.163 e. The van der Waals surface area contributed by atoms with Crippen LogP contribution in [0.25, 0.3) is 22.3 Å². The number of ether oxygens (including phenoxy) is 2. The van der Waals surface area contributed by atoms with Crippen LogP contribution in [-0.4, -0.2) is 0 Å². The van der Waals surface area contributed by atoms with Crippen molar-refractivity contribution in [3.05, 3.63) is 243 Å². The Morgan fingerprint density at radius 3 is 1.09 bits per heavy atom. The molecule has 10 heteroatoms. The van der Waals surface area contributed by atoms with Crippen LogP contribution >= 0.6 is 12.1 Å². The number of anilines is 12. The van der Waals surface area contributed by atoms with Crippen molar-refractivity contribution >= 4 is 136 Å². The lowest BCUT2D eigenvalue weighted by Gasteiger charge is -2.53. The van der Waals surface area contributed by atoms with Crippen LogP contribution in [0.2, 0.25) is 0 Å². The highest BCUT2D eigenvalue weighted by Gasteiger charge is 2.59. The minimum atomic E-state index is -3.17. The lowest BCUT2D eigenvalue weighted by molar-refractivity contribution is 0.479. The molecule has 0 aromatic heterocycles. The van der Waals surface area contributed by atoms with Gasteiger partial charge in [0.25, 0.3) is 0 Å². The Hall–Kier alpha value is -8.48. The molecule has 6 heterocycles. The van der Waals surface area contributed by atoms with Gasteiger partial charge in [0.1, 0.15) is 22.9 Å². The Balaban J connectivity index is 1.09. The topological polar surface area (TPSA) is 31.4 Å². The summed E-state index contributed by atoms with van der Waals surface area (Å²) in [6.07, 6.45) is 0. The van der Waals surface area contributed by atoms with Crippen molar-refractivity contribution in [3.63, 3.8) is 0 Å². The zero-order valence-electron chi connectivity index (χ0n) is 40.4. The molecule has 6 aliphatic rings. The van der Waals surface area contributed by atoms with Gasteiger partial charge in [0.2, 0.25) is 0 Å². The molecule has 6 nitrogen and oxygen atoms in total. The first-order valence-corrected chi connectivity index (χ1v) is 31.1. The maximum atomic E-state index is 8.02.